The van der Waals surface area contributed by atoms with Crippen LogP contribution in [-0.2, 0) is 17.6 Å². The molecule has 2 atom stereocenters. The zero-order chi connectivity index (χ0) is 18.3. The third-order valence-corrected chi connectivity index (χ3v) is 5.64. The first-order valence-corrected chi connectivity index (χ1v) is 9.26. The second kappa shape index (κ2) is 6.59. The number of rotatable bonds is 4. The highest BCUT2D eigenvalue weighted by atomic mass is 16.4. The van der Waals surface area contributed by atoms with Gasteiger partial charge in [-0.25, -0.2) is 4.68 Å². The minimum Gasteiger partial charge on any atom is -0.481 e. The molecule has 0 spiro atoms. The average molecular weight is 353 g/mol. The highest BCUT2D eigenvalue weighted by molar-refractivity contribution is 5.95. The van der Waals surface area contributed by atoms with Crippen LogP contribution in [0.1, 0.15) is 53.0 Å². The van der Waals surface area contributed by atoms with Gasteiger partial charge in [0.2, 0.25) is 0 Å². The quantitative estimate of drug-likeness (QED) is 0.885. The molecular weight excluding hydrogens is 330 g/mol. The van der Waals surface area contributed by atoms with Crippen molar-refractivity contribution >= 4 is 11.9 Å². The number of amides is 1. The van der Waals surface area contributed by atoms with Crippen LogP contribution in [0.4, 0.5) is 0 Å². The largest absolute Gasteiger partial charge is 0.481 e. The third-order valence-electron chi connectivity index (χ3n) is 5.64. The van der Waals surface area contributed by atoms with Crippen molar-refractivity contribution in [3.63, 3.8) is 0 Å². The lowest BCUT2D eigenvalue weighted by molar-refractivity contribution is -0.142. The predicted molar refractivity (Wildman–Crippen MR) is 96.6 cm³/mol. The van der Waals surface area contributed by atoms with Crippen LogP contribution in [0.2, 0.25) is 0 Å². The maximum absolute atomic E-state index is 12.9. The number of fused-ring (bicyclic) bond motifs is 1. The fraction of sp³-hybridized carbons (Fsp3) is 0.450. The molecule has 1 aromatic heterocycles. The zero-order valence-electron chi connectivity index (χ0n) is 14.9. The molecule has 1 saturated carbocycles. The molecule has 1 aromatic carbocycles. The maximum Gasteiger partial charge on any atom is 0.308 e. The van der Waals surface area contributed by atoms with Crippen LogP contribution in [0, 0.1) is 12.8 Å². The van der Waals surface area contributed by atoms with Crippen molar-refractivity contribution in [3.05, 3.63) is 46.8 Å². The predicted octanol–water partition coefficient (Wildman–Crippen LogP) is 2.65. The Morgan fingerprint density at radius 1 is 1.19 bits per heavy atom. The van der Waals surface area contributed by atoms with E-state index in [0.29, 0.717) is 18.5 Å². The van der Waals surface area contributed by atoms with Gasteiger partial charge in [-0.2, -0.15) is 5.10 Å². The second-order valence-corrected chi connectivity index (χ2v) is 7.28. The Kier molecular flexibility index (Phi) is 4.26. The van der Waals surface area contributed by atoms with Gasteiger partial charge in [0.05, 0.1) is 11.6 Å². The number of aromatic nitrogens is 2. The van der Waals surface area contributed by atoms with Crippen molar-refractivity contribution in [2.24, 2.45) is 5.92 Å². The van der Waals surface area contributed by atoms with Crippen LogP contribution in [0.5, 0.6) is 0 Å². The van der Waals surface area contributed by atoms with Crippen molar-refractivity contribution in [3.8, 4) is 5.69 Å². The first-order chi connectivity index (χ1) is 12.6. The van der Waals surface area contributed by atoms with Gasteiger partial charge in [0.25, 0.3) is 5.91 Å². The van der Waals surface area contributed by atoms with Crippen molar-refractivity contribution in [2.45, 2.75) is 51.5 Å². The van der Waals surface area contributed by atoms with Crippen molar-refractivity contribution < 1.29 is 14.7 Å². The van der Waals surface area contributed by atoms with E-state index in [0.717, 1.165) is 48.2 Å². The number of para-hydroxylation sites is 1. The molecular formula is C20H23N3O3. The molecule has 0 radical (unpaired) electrons. The van der Waals surface area contributed by atoms with Crippen molar-refractivity contribution in [2.75, 3.05) is 0 Å². The normalized spacial score (nSPS) is 21.6. The molecule has 2 aliphatic carbocycles. The van der Waals surface area contributed by atoms with Crippen LogP contribution in [-0.4, -0.2) is 32.8 Å². The number of aryl methyl sites for hydroxylation is 1. The van der Waals surface area contributed by atoms with Crippen LogP contribution in [0.25, 0.3) is 5.69 Å². The summed E-state index contributed by atoms with van der Waals surface area (Å²) in [6.07, 6.45) is 4.93. The summed E-state index contributed by atoms with van der Waals surface area (Å²) >= 11 is 0. The number of nitrogens with zero attached hydrogens (tertiary/aromatic N) is 2. The summed E-state index contributed by atoms with van der Waals surface area (Å²) in [7, 11) is 0. The van der Waals surface area contributed by atoms with E-state index < -0.39 is 11.9 Å². The summed E-state index contributed by atoms with van der Waals surface area (Å²) in [6.45, 7) is 2.04. The summed E-state index contributed by atoms with van der Waals surface area (Å²) in [5.41, 5.74) is 4.67. The molecule has 4 rings (SSSR count). The van der Waals surface area contributed by atoms with E-state index in [1.807, 2.05) is 35.9 Å². The number of hydrogen-bond donors (Lipinski definition) is 2. The van der Waals surface area contributed by atoms with Crippen LogP contribution in [0.15, 0.2) is 24.3 Å². The molecule has 2 aromatic rings. The number of carboxylic acid groups (broad SMARTS) is 1. The van der Waals surface area contributed by atoms with Gasteiger partial charge in [-0.05, 0) is 50.7 Å². The first kappa shape index (κ1) is 16.8. The summed E-state index contributed by atoms with van der Waals surface area (Å²) in [6, 6.07) is 7.71. The Morgan fingerprint density at radius 2 is 2.00 bits per heavy atom. The van der Waals surface area contributed by atoms with Crippen LogP contribution in [0.3, 0.4) is 0 Å². The molecule has 0 bridgehead atoms. The minimum atomic E-state index is -0.830. The van der Waals surface area contributed by atoms with E-state index >= 15 is 0 Å². The van der Waals surface area contributed by atoms with E-state index in [4.69, 9.17) is 0 Å². The van der Waals surface area contributed by atoms with E-state index in [9.17, 15) is 14.7 Å². The standard InChI is InChI=1S/C20H23N3O3/c1-12-6-2-3-10-16(12)23-17-11-5-8-14(17)18(22-23)19(24)21-15-9-4-7-13(15)20(25)26/h2-3,6,10,13,15H,4-5,7-9,11H2,1H3,(H,21,24)(H,25,26)/t13-,15+/m0/s1. The van der Waals surface area contributed by atoms with Gasteiger partial charge in [0.15, 0.2) is 5.69 Å². The Balaban J connectivity index is 1.65. The molecule has 2 N–H and O–H groups in total. The lowest BCUT2D eigenvalue weighted by Gasteiger charge is -2.17. The third kappa shape index (κ3) is 2.79. The first-order valence-electron chi connectivity index (χ1n) is 9.26. The van der Waals surface area contributed by atoms with Crippen molar-refractivity contribution in [1.82, 2.24) is 15.1 Å². The van der Waals surface area contributed by atoms with Gasteiger partial charge < -0.3 is 10.4 Å². The number of carboxylic acids is 1. The minimum absolute atomic E-state index is 0.242. The van der Waals surface area contributed by atoms with Gasteiger partial charge in [-0.3, -0.25) is 9.59 Å². The number of benzene rings is 1. The van der Waals surface area contributed by atoms with Gasteiger partial charge in [-0.15, -0.1) is 0 Å². The topological polar surface area (TPSA) is 84.2 Å². The lowest BCUT2D eigenvalue weighted by atomic mass is 10.0. The maximum atomic E-state index is 12.9. The Hall–Kier alpha value is -2.63. The number of carbonyl (C=O) groups is 2. The van der Waals surface area contributed by atoms with Gasteiger partial charge >= 0.3 is 5.97 Å². The van der Waals surface area contributed by atoms with Gasteiger partial charge in [0, 0.05) is 17.3 Å². The molecule has 2 aliphatic rings. The zero-order valence-corrected chi connectivity index (χ0v) is 14.9. The smallest absolute Gasteiger partial charge is 0.308 e. The number of hydrogen-bond acceptors (Lipinski definition) is 3. The summed E-state index contributed by atoms with van der Waals surface area (Å²) < 4.78 is 1.90. The fourth-order valence-corrected chi connectivity index (χ4v) is 4.29. The van der Waals surface area contributed by atoms with E-state index in [2.05, 4.69) is 10.4 Å². The summed E-state index contributed by atoms with van der Waals surface area (Å²) in [4.78, 5) is 24.3. The van der Waals surface area contributed by atoms with E-state index in [1.165, 1.54) is 0 Å². The SMILES string of the molecule is Cc1ccccc1-n1nc(C(=O)N[C@@H]2CCC[C@@H]2C(=O)O)c2c1CCC2. The molecule has 6 heteroatoms. The molecule has 0 aliphatic heterocycles. The monoisotopic (exact) mass is 353 g/mol. The fourth-order valence-electron chi connectivity index (χ4n) is 4.29. The molecule has 1 fully saturated rings. The van der Waals surface area contributed by atoms with Crippen LogP contribution < -0.4 is 5.32 Å². The molecule has 1 amide bonds. The molecule has 1 heterocycles. The van der Waals surface area contributed by atoms with Gasteiger partial charge in [0.1, 0.15) is 0 Å². The van der Waals surface area contributed by atoms with E-state index in [-0.39, 0.29) is 11.9 Å². The Bertz CT molecular complexity index is 871. The van der Waals surface area contributed by atoms with Crippen LogP contribution >= 0.6 is 0 Å². The Labute approximate surface area is 152 Å². The number of carbonyl (C=O) groups excluding carboxylic acids is 1. The molecule has 136 valence electrons. The van der Waals surface area contributed by atoms with E-state index in [1.54, 1.807) is 0 Å². The lowest BCUT2D eigenvalue weighted by Crippen LogP contribution is -2.40. The molecule has 26 heavy (non-hydrogen) atoms. The summed E-state index contributed by atoms with van der Waals surface area (Å²) in [5.74, 6) is -1.57. The Morgan fingerprint density at radius 3 is 2.77 bits per heavy atom. The number of nitrogens with one attached hydrogen (secondary N) is 1. The molecule has 0 saturated heterocycles. The number of aliphatic carboxylic acids is 1. The van der Waals surface area contributed by atoms with Gasteiger partial charge in [-0.1, -0.05) is 24.6 Å². The summed E-state index contributed by atoms with van der Waals surface area (Å²) in [5, 5.41) is 16.9. The average Bonchev–Trinajstić information content (AvgIpc) is 3.31. The highest BCUT2D eigenvalue weighted by Gasteiger charge is 2.35. The highest BCUT2D eigenvalue weighted by Crippen LogP contribution is 2.30. The molecule has 0 unspecified atom stereocenters. The second-order valence-electron chi connectivity index (χ2n) is 7.28. The van der Waals surface area contributed by atoms with Crippen molar-refractivity contribution in [1.29, 1.82) is 0 Å². The molecule has 6 nitrogen and oxygen atoms in total.